The van der Waals surface area contributed by atoms with Crippen LogP contribution in [-0.2, 0) is 4.74 Å². The smallest absolute Gasteiger partial charge is 0.337 e. The summed E-state index contributed by atoms with van der Waals surface area (Å²) in [5.41, 5.74) is 1.62. The van der Waals surface area contributed by atoms with Crippen molar-refractivity contribution >= 4 is 17.5 Å². The van der Waals surface area contributed by atoms with Gasteiger partial charge in [-0.1, -0.05) is 12.1 Å². The number of carbonyl (C=O) groups excluding carboxylic acids is 1. The van der Waals surface area contributed by atoms with Crippen molar-refractivity contribution in [1.82, 2.24) is 4.37 Å². The molecule has 0 aliphatic carbocycles. The van der Waals surface area contributed by atoms with Crippen molar-refractivity contribution in [3.63, 3.8) is 0 Å². The molecule has 4 heteroatoms. The first-order chi connectivity index (χ1) is 7.31. The zero-order chi connectivity index (χ0) is 10.7. The molecule has 0 spiro atoms. The van der Waals surface area contributed by atoms with Gasteiger partial charge < -0.3 is 4.74 Å². The Bertz CT molecular complexity index is 448. The predicted molar refractivity (Wildman–Crippen MR) is 58.9 cm³/mol. The van der Waals surface area contributed by atoms with Crippen molar-refractivity contribution in [1.29, 1.82) is 0 Å². The van der Waals surface area contributed by atoms with Crippen LogP contribution in [0, 0.1) is 0 Å². The van der Waals surface area contributed by atoms with E-state index in [0.717, 1.165) is 10.4 Å². The monoisotopic (exact) mass is 219 g/mol. The Morgan fingerprint density at radius 3 is 2.53 bits per heavy atom. The topological polar surface area (TPSA) is 39.2 Å². The summed E-state index contributed by atoms with van der Waals surface area (Å²) in [4.78, 5) is 12.3. The second kappa shape index (κ2) is 4.23. The molecule has 1 heterocycles. The highest BCUT2D eigenvalue weighted by atomic mass is 32.1. The number of ether oxygens (including phenoxy) is 1. The highest BCUT2D eigenvalue weighted by Gasteiger charge is 2.05. The molecular weight excluding hydrogens is 210 g/mol. The minimum absolute atomic E-state index is 0.314. The van der Waals surface area contributed by atoms with Crippen molar-refractivity contribution in [3.05, 3.63) is 42.1 Å². The molecule has 1 aromatic heterocycles. The van der Waals surface area contributed by atoms with E-state index in [1.165, 1.54) is 18.6 Å². The SMILES string of the molecule is COC(=O)c1ccc(-c2ccns2)cc1. The maximum Gasteiger partial charge on any atom is 0.337 e. The fraction of sp³-hybridized carbons (Fsp3) is 0.0909. The van der Waals surface area contributed by atoms with Gasteiger partial charge in [0.1, 0.15) is 0 Å². The molecule has 2 rings (SSSR count). The fourth-order valence-corrected chi connectivity index (χ4v) is 1.85. The van der Waals surface area contributed by atoms with Gasteiger partial charge in [-0.2, -0.15) is 0 Å². The third-order valence-corrected chi connectivity index (χ3v) is 2.82. The minimum atomic E-state index is -0.314. The number of esters is 1. The summed E-state index contributed by atoms with van der Waals surface area (Å²) in [6, 6.07) is 9.22. The highest BCUT2D eigenvalue weighted by molar-refractivity contribution is 7.09. The van der Waals surface area contributed by atoms with Gasteiger partial charge in [-0.25, -0.2) is 9.17 Å². The Kier molecular flexibility index (Phi) is 2.78. The number of hydrogen-bond acceptors (Lipinski definition) is 4. The maximum atomic E-state index is 11.2. The van der Waals surface area contributed by atoms with Gasteiger partial charge in [0.05, 0.1) is 17.6 Å². The van der Waals surface area contributed by atoms with Crippen LogP contribution < -0.4 is 0 Å². The van der Waals surface area contributed by atoms with Crippen molar-refractivity contribution in [2.24, 2.45) is 0 Å². The van der Waals surface area contributed by atoms with E-state index in [4.69, 9.17) is 0 Å². The third-order valence-electron chi connectivity index (χ3n) is 2.03. The normalized spacial score (nSPS) is 9.93. The molecule has 0 saturated heterocycles. The fourth-order valence-electron chi connectivity index (χ4n) is 1.25. The van der Waals surface area contributed by atoms with E-state index >= 15 is 0 Å². The van der Waals surface area contributed by atoms with Crippen molar-refractivity contribution in [2.75, 3.05) is 7.11 Å². The second-order valence-corrected chi connectivity index (χ2v) is 3.78. The first-order valence-electron chi connectivity index (χ1n) is 4.40. The molecule has 3 nitrogen and oxygen atoms in total. The third kappa shape index (κ3) is 2.05. The average Bonchev–Trinajstić information content (AvgIpc) is 2.82. The number of rotatable bonds is 2. The Balaban J connectivity index is 2.29. The van der Waals surface area contributed by atoms with Crippen LogP contribution in [0.1, 0.15) is 10.4 Å². The van der Waals surface area contributed by atoms with Crippen LogP contribution in [-0.4, -0.2) is 17.5 Å². The first-order valence-corrected chi connectivity index (χ1v) is 5.18. The largest absolute Gasteiger partial charge is 0.465 e. The van der Waals surface area contributed by atoms with Crippen molar-refractivity contribution < 1.29 is 9.53 Å². The molecule has 15 heavy (non-hydrogen) atoms. The molecule has 0 N–H and O–H groups in total. The Morgan fingerprint density at radius 1 is 1.27 bits per heavy atom. The molecule has 1 aromatic carbocycles. The summed E-state index contributed by atoms with van der Waals surface area (Å²) < 4.78 is 8.64. The molecule has 0 aliphatic heterocycles. The van der Waals surface area contributed by atoms with Crippen LogP contribution >= 0.6 is 11.5 Å². The standard InChI is InChI=1S/C11H9NO2S/c1-14-11(13)9-4-2-8(3-5-9)10-6-7-12-15-10/h2-7H,1H3. The molecule has 76 valence electrons. The van der Waals surface area contributed by atoms with E-state index in [1.807, 2.05) is 18.2 Å². The van der Waals surface area contributed by atoms with E-state index in [-0.39, 0.29) is 5.97 Å². The molecule has 0 aliphatic rings. The van der Waals surface area contributed by atoms with Crippen LogP contribution in [0.25, 0.3) is 10.4 Å². The number of nitrogens with zero attached hydrogens (tertiary/aromatic N) is 1. The molecule has 0 atom stereocenters. The van der Waals surface area contributed by atoms with E-state index < -0.39 is 0 Å². The van der Waals surface area contributed by atoms with E-state index in [2.05, 4.69) is 9.11 Å². The minimum Gasteiger partial charge on any atom is -0.465 e. The van der Waals surface area contributed by atoms with Gasteiger partial charge in [-0.3, -0.25) is 0 Å². The lowest BCUT2D eigenvalue weighted by Crippen LogP contribution is -2.00. The lowest BCUT2D eigenvalue weighted by molar-refractivity contribution is 0.0601. The first kappa shape index (κ1) is 9.86. The molecule has 0 radical (unpaired) electrons. The van der Waals surface area contributed by atoms with Crippen LogP contribution in [0.2, 0.25) is 0 Å². The van der Waals surface area contributed by atoms with Gasteiger partial charge in [0.2, 0.25) is 0 Å². The van der Waals surface area contributed by atoms with Gasteiger partial charge in [-0.05, 0) is 35.3 Å². The molecular formula is C11H9NO2S. The van der Waals surface area contributed by atoms with Gasteiger partial charge in [0.25, 0.3) is 0 Å². The van der Waals surface area contributed by atoms with Gasteiger partial charge >= 0.3 is 5.97 Å². The zero-order valence-corrected chi connectivity index (χ0v) is 8.95. The van der Waals surface area contributed by atoms with Crippen LogP contribution in [0.4, 0.5) is 0 Å². The lowest BCUT2D eigenvalue weighted by Gasteiger charge is -2.00. The summed E-state index contributed by atoms with van der Waals surface area (Å²) in [6.45, 7) is 0. The number of methoxy groups -OCH3 is 1. The zero-order valence-electron chi connectivity index (χ0n) is 8.14. The van der Waals surface area contributed by atoms with Crippen molar-refractivity contribution in [3.8, 4) is 10.4 Å². The lowest BCUT2D eigenvalue weighted by atomic mass is 10.1. The quantitative estimate of drug-likeness (QED) is 0.729. The molecule has 0 amide bonds. The molecule has 0 bridgehead atoms. The average molecular weight is 219 g/mol. The number of aromatic nitrogens is 1. The Hall–Kier alpha value is -1.68. The summed E-state index contributed by atoms with van der Waals surface area (Å²) in [5.74, 6) is -0.314. The molecule has 0 unspecified atom stereocenters. The molecule has 0 saturated carbocycles. The summed E-state index contributed by atoms with van der Waals surface area (Å²) in [7, 11) is 1.37. The van der Waals surface area contributed by atoms with Crippen LogP contribution in [0.3, 0.4) is 0 Å². The van der Waals surface area contributed by atoms with Crippen LogP contribution in [0.15, 0.2) is 36.5 Å². The molecule has 2 aromatic rings. The van der Waals surface area contributed by atoms with Gasteiger partial charge in [0, 0.05) is 6.20 Å². The Labute approximate surface area is 91.5 Å². The van der Waals surface area contributed by atoms with Gasteiger partial charge in [-0.15, -0.1) is 0 Å². The predicted octanol–water partition coefficient (Wildman–Crippen LogP) is 2.60. The highest BCUT2D eigenvalue weighted by Crippen LogP contribution is 2.22. The maximum absolute atomic E-state index is 11.2. The number of benzene rings is 1. The van der Waals surface area contributed by atoms with Gasteiger partial charge in [0.15, 0.2) is 0 Å². The summed E-state index contributed by atoms with van der Waals surface area (Å²) >= 11 is 1.43. The van der Waals surface area contributed by atoms with Crippen LogP contribution in [0.5, 0.6) is 0 Å². The van der Waals surface area contributed by atoms with E-state index in [1.54, 1.807) is 18.3 Å². The van der Waals surface area contributed by atoms with Crippen molar-refractivity contribution in [2.45, 2.75) is 0 Å². The van der Waals surface area contributed by atoms with E-state index in [9.17, 15) is 4.79 Å². The number of carbonyl (C=O) groups is 1. The summed E-state index contributed by atoms with van der Waals surface area (Å²) in [5, 5.41) is 0. The second-order valence-electron chi connectivity index (χ2n) is 2.95. The summed E-state index contributed by atoms with van der Waals surface area (Å²) in [6.07, 6.45) is 1.76. The molecule has 0 fully saturated rings. The van der Waals surface area contributed by atoms with E-state index in [0.29, 0.717) is 5.56 Å². The number of hydrogen-bond donors (Lipinski definition) is 0. The Morgan fingerprint density at radius 2 is 2.00 bits per heavy atom.